The Bertz CT molecular complexity index is 793. The van der Waals surface area contributed by atoms with Crippen LogP contribution in [0, 0.1) is 0 Å². The van der Waals surface area contributed by atoms with Crippen LogP contribution in [0.4, 0.5) is 0 Å². The third kappa shape index (κ3) is 1.09. The van der Waals surface area contributed by atoms with Crippen molar-refractivity contribution in [3.05, 3.63) is 60.0 Å². The SMILES string of the molecule is Cn1c2c(n3c4ccccc4n13)C/C=C\C=C/C2. The Morgan fingerprint density at radius 1 is 0.889 bits per heavy atom. The lowest BCUT2D eigenvalue weighted by Crippen LogP contribution is -2.14. The molecule has 1 aromatic carbocycles. The van der Waals surface area contributed by atoms with E-state index in [4.69, 9.17) is 0 Å². The number of aromatic nitrogens is 3. The molecule has 0 saturated heterocycles. The molecule has 2 heterocycles. The number of rotatable bonds is 0. The van der Waals surface area contributed by atoms with Gasteiger partial charge in [-0.25, -0.2) is 4.52 Å². The lowest BCUT2D eigenvalue weighted by Gasteiger charge is -2.14. The minimum atomic E-state index is 0.995. The molecular formula is C15H15N3. The van der Waals surface area contributed by atoms with Crippen molar-refractivity contribution in [3.8, 4) is 0 Å². The normalized spacial score (nSPS) is 18.7. The number of nitrogens with zero attached hydrogens (tertiary/aromatic N) is 3. The molecule has 90 valence electrons. The summed E-state index contributed by atoms with van der Waals surface area (Å²) >= 11 is 0. The van der Waals surface area contributed by atoms with Gasteiger partial charge in [0.25, 0.3) is 0 Å². The number of hydrogen-bond donors (Lipinski definition) is 0. The third-order valence-electron chi connectivity index (χ3n) is 3.78. The fourth-order valence-corrected chi connectivity index (χ4v) is 2.93. The first-order valence-corrected chi connectivity index (χ1v) is 6.34. The number of hydrogen-bond acceptors (Lipinski definition) is 0. The van der Waals surface area contributed by atoms with Crippen molar-refractivity contribution in [3.63, 3.8) is 0 Å². The van der Waals surface area contributed by atoms with Gasteiger partial charge in [0.2, 0.25) is 0 Å². The zero-order chi connectivity index (χ0) is 12.1. The van der Waals surface area contributed by atoms with E-state index in [2.05, 4.69) is 69.4 Å². The van der Waals surface area contributed by atoms with E-state index in [1.165, 1.54) is 22.4 Å². The molecule has 0 unspecified atom stereocenters. The predicted octanol–water partition coefficient (Wildman–Crippen LogP) is 2.74. The fourth-order valence-electron chi connectivity index (χ4n) is 2.93. The number of benzene rings is 1. The number of aryl methyl sites for hydroxylation is 1. The molecule has 1 aliphatic rings. The number of fused-ring (bicyclic) bond motifs is 6. The Morgan fingerprint density at radius 3 is 2.33 bits per heavy atom. The summed E-state index contributed by atoms with van der Waals surface area (Å²) in [5, 5.41) is 0. The zero-order valence-corrected chi connectivity index (χ0v) is 10.4. The van der Waals surface area contributed by atoms with Gasteiger partial charge >= 0.3 is 0 Å². The molecule has 0 radical (unpaired) electrons. The van der Waals surface area contributed by atoms with Crippen LogP contribution in [0.1, 0.15) is 11.4 Å². The quantitative estimate of drug-likeness (QED) is 0.570. The van der Waals surface area contributed by atoms with E-state index in [-0.39, 0.29) is 0 Å². The predicted molar refractivity (Wildman–Crippen MR) is 73.0 cm³/mol. The van der Waals surface area contributed by atoms with Gasteiger partial charge in [-0.3, -0.25) is 4.68 Å². The van der Waals surface area contributed by atoms with Gasteiger partial charge in [0, 0.05) is 19.9 Å². The molecule has 0 fully saturated rings. The summed E-state index contributed by atoms with van der Waals surface area (Å²) in [7, 11) is 2.14. The first-order valence-electron chi connectivity index (χ1n) is 6.34. The molecule has 0 amide bonds. The first-order chi connectivity index (χ1) is 8.88. The van der Waals surface area contributed by atoms with E-state index in [1.54, 1.807) is 0 Å². The van der Waals surface area contributed by atoms with Crippen LogP contribution in [-0.4, -0.2) is 13.8 Å². The highest BCUT2D eigenvalue weighted by Crippen LogP contribution is 2.24. The molecule has 3 nitrogen and oxygen atoms in total. The third-order valence-corrected chi connectivity index (χ3v) is 3.78. The lowest BCUT2D eigenvalue weighted by atomic mass is 10.1. The Hall–Kier alpha value is -2.16. The van der Waals surface area contributed by atoms with Crippen LogP contribution in [0.5, 0.6) is 0 Å². The summed E-state index contributed by atoms with van der Waals surface area (Å²) in [4.78, 5) is 0. The summed E-state index contributed by atoms with van der Waals surface area (Å²) in [5.74, 6) is 0. The van der Waals surface area contributed by atoms with E-state index in [9.17, 15) is 0 Å². The summed E-state index contributed by atoms with van der Waals surface area (Å²) in [5.41, 5.74) is 5.40. The van der Waals surface area contributed by atoms with Crippen LogP contribution in [0.2, 0.25) is 0 Å². The molecular weight excluding hydrogens is 222 g/mol. The Kier molecular flexibility index (Phi) is 1.87. The number of para-hydroxylation sites is 2. The van der Waals surface area contributed by atoms with E-state index in [1.807, 2.05) is 0 Å². The molecule has 0 saturated carbocycles. The summed E-state index contributed by atoms with van der Waals surface area (Å²) in [6.07, 6.45) is 10.7. The topological polar surface area (TPSA) is 13.8 Å². The largest absolute Gasteiger partial charge is 0.271 e. The molecule has 0 atom stereocenters. The summed E-state index contributed by atoms with van der Waals surface area (Å²) < 4.78 is 6.85. The van der Waals surface area contributed by atoms with Crippen LogP contribution < -0.4 is 0 Å². The highest BCUT2D eigenvalue weighted by atomic mass is 15.6. The molecule has 3 heteroatoms. The molecule has 4 rings (SSSR count). The molecule has 0 spiro atoms. The van der Waals surface area contributed by atoms with Crippen molar-refractivity contribution in [1.82, 2.24) is 13.8 Å². The summed E-state index contributed by atoms with van der Waals surface area (Å²) in [6.45, 7) is 0. The maximum Gasteiger partial charge on any atom is 0.108 e. The van der Waals surface area contributed by atoms with Gasteiger partial charge in [0.05, 0.1) is 16.9 Å². The van der Waals surface area contributed by atoms with Crippen LogP contribution in [0.25, 0.3) is 11.0 Å². The average molecular weight is 237 g/mol. The highest BCUT2D eigenvalue weighted by molar-refractivity contribution is 5.78. The van der Waals surface area contributed by atoms with Crippen molar-refractivity contribution >= 4 is 11.0 Å². The van der Waals surface area contributed by atoms with Crippen molar-refractivity contribution < 1.29 is 0 Å². The average Bonchev–Trinajstić information content (AvgIpc) is 2.54. The van der Waals surface area contributed by atoms with E-state index < -0.39 is 0 Å². The van der Waals surface area contributed by atoms with Crippen molar-refractivity contribution in [2.24, 2.45) is 7.05 Å². The fraction of sp³-hybridized carbons (Fsp3) is 0.200. The second kappa shape index (κ2) is 3.42. The molecule has 0 bridgehead atoms. The maximum atomic E-state index is 2.33. The lowest BCUT2D eigenvalue weighted by molar-refractivity contribution is 0.587. The minimum absolute atomic E-state index is 0.995. The molecule has 0 N–H and O–H groups in total. The van der Waals surface area contributed by atoms with Crippen molar-refractivity contribution in [2.45, 2.75) is 12.8 Å². The molecule has 1 aliphatic carbocycles. The molecule has 2 aromatic heterocycles. The van der Waals surface area contributed by atoms with Gasteiger partial charge in [-0.2, -0.15) is 4.63 Å². The van der Waals surface area contributed by atoms with Gasteiger partial charge in [-0.1, -0.05) is 36.4 Å². The van der Waals surface area contributed by atoms with Gasteiger partial charge in [0.15, 0.2) is 0 Å². The minimum Gasteiger partial charge on any atom is -0.271 e. The standard InChI is InChI=1S/C15H15N3/c1-16-12-8-4-2-3-5-9-13(12)17-14-10-6-7-11-15(14)18(16)17/h2-7,10-11H,8-9H2,1H3/b4-2-,5-3-. The molecule has 18 heavy (non-hydrogen) atoms. The van der Waals surface area contributed by atoms with Gasteiger partial charge in [-0.15, -0.1) is 0 Å². The zero-order valence-electron chi connectivity index (χ0n) is 10.4. The van der Waals surface area contributed by atoms with E-state index in [0.29, 0.717) is 0 Å². The van der Waals surface area contributed by atoms with Gasteiger partial charge in [-0.05, 0) is 12.1 Å². The summed E-state index contributed by atoms with van der Waals surface area (Å²) in [6, 6.07) is 8.56. The molecule has 3 aromatic rings. The van der Waals surface area contributed by atoms with Gasteiger partial charge in [0.1, 0.15) is 5.52 Å². The maximum absolute atomic E-state index is 2.33. The van der Waals surface area contributed by atoms with Crippen LogP contribution in [0.15, 0.2) is 48.6 Å². The van der Waals surface area contributed by atoms with Crippen molar-refractivity contribution in [1.29, 1.82) is 0 Å². The van der Waals surface area contributed by atoms with E-state index in [0.717, 1.165) is 12.8 Å². The van der Waals surface area contributed by atoms with Crippen LogP contribution in [0.3, 0.4) is 0 Å². The smallest absolute Gasteiger partial charge is 0.108 e. The van der Waals surface area contributed by atoms with Crippen LogP contribution >= 0.6 is 0 Å². The number of allylic oxidation sites excluding steroid dienone is 4. The van der Waals surface area contributed by atoms with Gasteiger partial charge < -0.3 is 0 Å². The highest BCUT2D eigenvalue weighted by Gasteiger charge is 2.19. The Morgan fingerprint density at radius 2 is 1.56 bits per heavy atom. The second-order valence-corrected chi connectivity index (χ2v) is 4.77. The second-order valence-electron chi connectivity index (χ2n) is 4.77. The van der Waals surface area contributed by atoms with Crippen molar-refractivity contribution in [2.75, 3.05) is 0 Å². The van der Waals surface area contributed by atoms with Crippen LogP contribution in [-0.2, 0) is 19.9 Å². The first kappa shape index (κ1) is 9.83. The molecule has 0 aliphatic heterocycles. The van der Waals surface area contributed by atoms with E-state index >= 15 is 0 Å². The monoisotopic (exact) mass is 237 g/mol. The Labute approximate surface area is 105 Å². The Balaban J connectivity index is 2.12.